The maximum absolute atomic E-state index is 12.7. The fourth-order valence-electron chi connectivity index (χ4n) is 2.58. The number of carbonyl (C=O) groups excluding carboxylic acids is 2. The van der Waals surface area contributed by atoms with Crippen LogP contribution < -0.4 is 16.6 Å². The number of halogens is 6. The number of ether oxygens (including phenoxy) is 1. The minimum absolute atomic E-state index is 0.104. The van der Waals surface area contributed by atoms with Crippen LogP contribution in [0.3, 0.4) is 0 Å². The van der Waals surface area contributed by atoms with E-state index in [-0.39, 0.29) is 17.8 Å². The van der Waals surface area contributed by atoms with Crippen LogP contribution >= 0.6 is 19.1 Å². The molecule has 180 valence electrons. The van der Waals surface area contributed by atoms with Crippen LogP contribution in [0.15, 0.2) is 4.99 Å². The molecule has 0 radical (unpaired) electrons. The summed E-state index contributed by atoms with van der Waals surface area (Å²) in [6, 6.07) is 0. The van der Waals surface area contributed by atoms with Gasteiger partial charge >= 0.3 is 33.0 Å². The molecule has 1 aromatic heterocycles. The van der Waals surface area contributed by atoms with Gasteiger partial charge in [0.05, 0.1) is 24.9 Å². The first-order valence-corrected chi connectivity index (χ1v) is 11.4. The Hall–Kier alpha value is -2.19. The maximum atomic E-state index is 12.7. The van der Waals surface area contributed by atoms with Crippen molar-refractivity contribution < 1.29 is 44.6 Å². The van der Waals surface area contributed by atoms with Crippen LogP contribution in [0.4, 0.5) is 30.3 Å². The van der Waals surface area contributed by atoms with Crippen molar-refractivity contribution in [2.24, 2.45) is 22.4 Å². The molecule has 17 heteroatoms. The Labute approximate surface area is 176 Å². The Morgan fingerprint density at radius 2 is 1.87 bits per heavy atom. The van der Waals surface area contributed by atoms with E-state index in [2.05, 4.69) is 9.98 Å². The fraction of sp³-hybridized carbons (Fsp3) is 0.571. The number of piperidine rings is 1. The summed E-state index contributed by atoms with van der Waals surface area (Å²) in [4.78, 5) is 33.4. The molecule has 1 aliphatic heterocycles. The first-order valence-electron chi connectivity index (χ1n) is 8.52. The summed E-state index contributed by atoms with van der Waals surface area (Å²) < 4.78 is 64.3. The predicted molar refractivity (Wildman–Crippen MR) is 100 cm³/mol. The molecule has 1 fully saturated rings. The molecule has 1 atom stereocenters. The molecule has 0 saturated carbocycles. The van der Waals surface area contributed by atoms with Gasteiger partial charge in [-0.05, 0) is 25.7 Å². The zero-order valence-electron chi connectivity index (χ0n) is 16.1. The topological polar surface area (TPSA) is 147 Å². The molecule has 1 amide bonds. The van der Waals surface area contributed by atoms with Crippen LogP contribution in [-0.2, 0) is 9.53 Å². The summed E-state index contributed by atoms with van der Waals surface area (Å²) in [5.41, 5.74) is 11.2. The number of likely N-dealkylation sites (tertiary alicyclic amines) is 1. The zero-order valence-corrected chi connectivity index (χ0v) is 17.8. The van der Waals surface area contributed by atoms with Crippen molar-refractivity contribution in [1.82, 2.24) is 9.88 Å². The molecule has 1 aliphatic rings. The van der Waals surface area contributed by atoms with Gasteiger partial charge < -0.3 is 31.0 Å². The van der Waals surface area contributed by atoms with Crippen LogP contribution in [0.25, 0.3) is 0 Å². The summed E-state index contributed by atoms with van der Waals surface area (Å²) in [6.45, 7) is 2.75. The number of nitrogens with two attached hydrogens (primary N) is 2. The fourth-order valence-corrected chi connectivity index (χ4v) is 3.50. The molecule has 4 N–H and O–H groups in total. The number of rotatable bonds is 6. The van der Waals surface area contributed by atoms with Gasteiger partial charge in [0.2, 0.25) is 5.13 Å². The van der Waals surface area contributed by atoms with Crippen LogP contribution in [-0.4, -0.2) is 54.0 Å². The number of amides is 1. The number of hydrogen-bond acceptors (Lipinski definition) is 7. The van der Waals surface area contributed by atoms with Gasteiger partial charge in [-0.3, -0.25) is 4.79 Å². The number of aromatic nitrogens is 1. The van der Waals surface area contributed by atoms with Crippen LogP contribution in [0, 0.1) is 12.8 Å². The molecule has 2 heterocycles. The second-order valence-electron chi connectivity index (χ2n) is 6.55. The third kappa shape index (κ3) is 13.0. The molecule has 0 aliphatic carbocycles. The number of carboxylic acids is 1. The predicted octanol–water partition coefficient (Wildman–Crippen LogP) is 2.36. The standard InChI is InChI=1S/C14H21N5O4S.F6P/c1-8-11(24-14(17-8)18-13(15)16)12(22)19-4-2-3-9(5-19)6-23-7-10(20)21;1-7(2,3,4,5)6/h9H,2-7H2,1H3,(H,20,21)(H4,15,16,17,18);/q;-1/p-1. The Kier molecular flexibility index (Phi) is 7.90. The molecular formula is C14H20F6N5O4PS-2. The van der Waals surface area contributed by atoms with E-state index in [1.807, 2.05) is 0 Å². The molecule has 2 rings (SSSR count). The number of aliphatic carboxylic acids is 1. The molecule has 0 aromatic carbocycles. The zero-order chi connectivity index (χ0) is 24.1. The summed E-state index contributed by atoms with van der Waals surface area (Å²) in [7, 11) is -10.7. The van der Waals surface area contributed by atoms with Gasteiger partial charge in [-0.1, -0.05) is 11.3 Å². The van der Waals surface area contributed by atoms with Gasteiger partial charge in [-0.2, -0.15) is 4.99 Å². The number of thiazole rings is 1. The normalized spacial score (nSPS) is 18.8. The second kappa shape index (κ2) is 9.12. The molecule has 1 unspecified atom stereocenters. The molecule has 0 bridgehead atoms. The van der Waals surface area contributed by atoms with E-state index in [9.17, 15) is 39.9 Å². The number of aliphatic imine (C=N–C) groups is 1. The Morgan fingerprint density at radius 3 is 2.39 bits per heavy atom. The van der Waals surface area contributed by atoms with Crippen LogP contribution in [0.1, 0.15) is 28.2 Å². The third-order valence-electron chi connectivity index (χ3n) is 3.58. The molecule has 9 nitrogen and oxygen atoms in total. The SMILES string of the molecule is Cc1nc(N=C(N)N)sc1C(=O)N1CCCC(COCC(=O)[O-])C1.F[P-](F)(F)(F)(F)F. The molecule has 1 saturated heterocycles. The van der Waals surface area contributed by atoms with Crippen molar-refractivity contribution in [1.29, 1.82) is 0 Å². The van der Waals surface area contributed by atoms with E-state index in [1.165, 1.54) is 0 Å². The number of carboxylic acid groups (broad SMARTS) is 1. The number of carbonyl (C=O) groups is 2. The van der Waals surface area contributed by atoms with Gasteiger partial charge in [0.1, 0.15) is 4.88 Å². The molecule has 1 aromatic rings. The Balaban J connectivity index is 0.000000592. The van der Waals surface area contributed by atoms with Gasteiger partial charge in [0, 0.05) is 13.1 Å². The van der Waals surface area contributed by atoms with Crippen LogP contribution in [0.2, 0.25) is 0 Å². The van der Waals surface area contributed by atoms with Crippen molar-refractivity contribution >= 4 is 42.1 Å². The van der Waals surface area contributed by atoms with E-state index < -0.39 is 20.4 Å². The van der Waals surface area contributed by atoms with Gasteiger partial charge in [0.15, 0.2) is 5.96 Å². The quantitative estimate of drug-likeness (QED) is 0.264. The van der Waals surface area contributed by atoms with E-state index in [1.54, 1.807) is 11.8 Å². The van der Waals surface area contributed by atoms with Crippen molar-refractivity contribution in [2.75, 3.05) is 26.3 Å². The summed E-state index contributed by atoms with van der Waals surface area (Å²) in [5.74, 6) is -1.36. The van der Waals surface area contributed by atoms with Crippen molar-refractivity contribution in [2.45, 2.75) is 19.8 Å². The first kappa shape index (κ1) is 26.8. The first-order chi connectivity index (χ1) is 13.8. The summed E-state index contributed by atoms with van der Waals surface area (Å²) in [5, 5.41) is 10.7. The molecular weight excluding hydrogens is 479 g/mol. The van der Waals surface area contributed by atoms with Gasteiger partial charge in [-0.15, -0.1) is 0 Å². The van der Waals surface area contributed by atoms with E-state index in [0.29, 0.717) is 35.4 Å². The van der Waals surface area contributed by atoms with Crippen molar-refractivity contribution in [3.8, 4) is 0 Å². The van der Waals surface area contributed by atoms with Crippen LogP contribution in [0.5, 0.6) is 0 Å². The molecule has 0 spiro atoms. The number of guanidine groups is 1. The van der Waals surface area contributed by atoms with Gasteiger partial charge in [0.25, 0.3) is 5.91 Å². The van der Waals surface area contributed by atoms with E-state index in [0.717, 1.165) is 24.2 Å². The second-order valence-corrected chi connectivity index (χ2v) is 9.45. The summed E-state index contributed by atoms with van der Waals surface area (Å²) in [6.07, 6.45) is 1.72. The monoisotopic (exact) mass is 499 g/mol. The average Bonchev–Trinajstić information content (AvgIpc) is 2.90. The minimum atomic E-state index is -10.7. The number of hydrogen-bond donors (Lipinski definition) is 2. The number of nitrogens with zero attached hydrogens (tertiary/aromatic N) is 3. The number of aryl methyl sites for hydroxylation is 1. The average molecular weight is 499 g/mol. The van der Waals surface area contributed by atoms with Gasteiger partial charge in [-0.25, -0.2) is 4.98 Å². The van der Waals surface area contributed by atoms with Crippen molar-refractivity contribution in [3.63, 3.8) is 0 Å². The van der Waals surface area contributed by atoms with Crippen molar-refractivity contribution in [3.05, 3.63) is 10.6 Å². The van der Waals surface area contributed by atoms with E-state index in [4.69, 9.17) is 16.2 Å². The Bertz CT molecular complexity index is 833. The Morgan fingerprint density at radius 1 is 1.29 bits per heavy atom. The van der Waals surface area contributed by atoms with E-state index >= 15 is 0 Å². The molecule has 31 heavy (non-hydrogen) atoms. The summed E-state index contributed by atoms with van der Waals surface area (Å²) >= 11 is 1.15. The third-order valence-corrected chi connectivity index (χ3v) is 4.62.